The maximum absolute atomic E-state index is 12.3. The first-order valence-electron chi connectivity index (χ1n) is 8.25. The molecule has 0 saturated heterocycles. The molecule has 128 valence electrons. The second kappa shape index (κ2) is 6.65. The molecule has 2 aliphatic rings. The molecule has 0 bridgehead atoms. The van der Waals surface area contributed by atoms with Gasteiger partial charge in [0.15, 0.2) is 5.76 Å². The fraction of sp³-hybridized carbons (Fsp3) is 0.688. The van der Waals surface area contributed by atoms with Gasteiger partial charge in [0.05, 0.1) is 12.8 Å². The number of nitrogens with one attached hydrogen (secondary N) is 2. The highest BCUT2D eigenvalue weighted by molar-refractivity contribution is 7.88. The molecule has 0 radical (unpaired) electrons. The molecule has 2 N–H and O–H groups in total. The van der Waals surface area contributed by atoms with Crippen molar-refractivity contribution in [2.24, 2.45) is 11.8 Å². The average Bonchev–Trinajstić information content (AvgIpc) is 3.23. The van der Waals surface area contributed by atoms with E-state index in [0.717, 1.165) is 30.9 Å². The van der Waals surface area contributed by atoms with Gasteiger partial charge in [-0.15, -0.1) is 0 Å². The van der Waals surface area contributed by atoms with Crippen LogP contribution in [0.5, 0.6) is 0 Å². The van der Waals surface area contributed by atoms with Gasteiger partial charge >= 0.3 is 0 Å². The van der Waals surface area contributed by atoms with E-state index in [1.165, 1.54) is 25.7 Å². The number of furan rings is 1. The lowest BCUT2D eigenvalue weighted by Crippen LogP contribution is -2.38. The quantitative estimate of drug-likeness (QED) is 0.829. The number of sulfonamides is 1. The van der Waals surface area contributed by atoms with E-state index >= 15 is 0 Å². The van der Waals surface area contributed by atoms with Crippen molar-refractivity contribution < 1.29 is 17.6 Å². The summed E-state index contributed by atoms with van der Waals surface area (Å²) in [6.45, 7) is 0.0549. The van der Waals surface area contributed by atoms with Crippen LogP contribution in [0.25, 0.3) is 0 Å². The first-order valence-corrected chi connectivity index (χ1v) is 10.1. The molecule has 0 aromatic carbocycles. The van der Waals surface area contributed by atoms with Crippen LogP contribution < -0.4 is 10.0 Å². The van der Waals surface area contributed by atoms with E-state index in [2.05, 4.69) is 10.0 Å². The van der Waals surface area contributed by atoms with Gasteiger partial charge < -0.3 is 9.73 Å². The summed E-state index contributed by atoms with van der Waals surface area (Å²) in [7, 11) is -3.27. The summed E-state index contributed by atoms with van der Waals surface area (Å²) in [6, 6.07) is 3.45. The minimum atomic E-state index is -3.27. The monoisotopic (exact) mass is 340 g/mol. The topological polar surface area (TPSA) is 88.4 Å². The summed E-state index contributed by atoms with van der Waals surface area (Å²) in [4.78, 5) is 12.3. The minimum Gasteiger partial charge on any atom is -0.455 e. The van der Waals surface area contributed by atoms with Crippen molar-refractivity contribution >= 4 is 15.9 Å². The molecule has 0 unspecified atom stereocenters. The molecule has 0 aliphatic heterocycles. The first kappa shape index (κ1) is 16.5. The molecule has 2 atom stereocenters. The molecule has 1 aromatic rings. The van der Waals surface area contributed by atoms with Crippen LogP contribution in [0.2, 0.25) is 0 Å². The number of carbonyl (C=O) groups excluding carboxylic acids is 1. The van der Waals surface area contributed by atoms with Crippen molar-refractivity contribution in [1.29, 1.82) is 0 Å². The van der Waals surface area contributed by atoms with Crippen LogP contribution in [0.1, 0.15) is 54.8 Å². The molecule has 23 heavy (non-hydrogen) atoms. The molecule has 3 rings (SSSR count). The third kappa shape index (κ3) is 4.81. The predicted octanol–water partition coefficient (Wildman–Crippen LogP) is 2.03. The van der Waals surface area contributed by atoms with Crippen molar-refractivity contribution in [1.82, 2.24) is 10.0 Å². The molecule has 0 spiro atoms. The van der Waals surface area contributed by atoms with Crippen molar-refractivity contribution in [3.63, 3.8) is 0 Å². The highest BCUT2D eigenvalue weighted by atomic mass is 32.2. The number of carbonyl (C=O) groups is 1. The van der Waals surface area contributed by atoms with Crippen LogP contribution >= 0.6 is 0 Å². The highest BCUT2D eigenvalue weighted by Crippen LogP contribution is 2.43. The maximum atomic E-state index is 12.3. The average molecular weight is 340 g/mol. The minimum absolute atomic E-state index is 0.0549. The molecule has 1 aromatic heterocycles. The zero-order valence-electron chi connectivity index (χ0n) is 13.4. The molecule has 2 aliphatic carbocycles. The van der Waals surface area contributed by atoms with Crippen molar-refractivity contribution in [2.45, 2.75) is 51.1 Å². The summed E-state index contributed by atoms with van der Waals surface area (Å²) in [5.41, 5.74) is 0. The Morgan fingerprint density at radius 3 is 2.70 bits per heavy atom. The Bertz CT molecular complexity index is 663. The predicted molar refractivity (Wildman–Crippen MR) is 86.3 cm³/mol. The van der Waals surface area contributed by atoms with Crippen molar-refractivity contribution in [3.05, 3.63) is 23.7 Å². The summed E-state index contributed by atoms with van der Waals surface area (Å²) in [5, 5.41) is 3.06. The molecule has 2 fully saturated rings. The second-order valence-corrected chi connectivity index (χ2v) is 8.63. The van der Waals surface area contributed by atoms with Gasteiger partial charge in [-0.05, 0) is 49.7 Å². The van der Waals surface area contributed by atoms with Gasteiger partial charge in [-0.2, -0.15) is 0 Å². The van der Waals surface area contributed by atoms with E-state index < -0.39 is 10.0 Å². The Morgan fingerprint density at radius 2 is 2.00 bits per heavy atom. The first-order chi connectivity index (χ1) is 10.9. The van der Waals surface area contributed by atoms with E-state index in [1.807, 2.05) is 0 Å². The van der Waals surface area contributed by atoms with Crippen molar-refractivity contribution in [3.8, 4) is 0 Å². The SMILES string of the molecule is CS(=O)(=O)NCc1ccc(C(=O)N[C@H]2CCC[C@@H](C3CC3)C2)o1. The van der Waals surface area contributed by atoms with Crippen LogP contribution in [0, 0.1) is 11.8 Å². The smallest absolute Gasteiger partial charge is 0.287 e. The zero-order chi connectivity index (χ0) is 16.4. The maximum Gasteiger partial charge on any atom is 0.287 e. The Labute approximate surface area is 137 Å². The lowest BCUT2D eigenvalue weighted by molar-refractivity contribution is 0.0887. The van der Waals surface area contributed by atoms with E-state index in [9.17, 15) is 13.2 Å². The largest absolute Gasteiger partial charge is 0.455 e. The van der Waals surface area contributed by atoms with E-state index in [4.69, 9.17) is 4.42 Å². The van der Waals surface area contributed by atoms with Gasteiger partial charge in [0.25, 0.3) is 5.91 Å². The van der Waals surface area contributed by atoms with Gasteiger partial charge in [-0.1, -0.05) is 12.8 Å². The highest BCUT2D eigenvalue weighted by Gasteiger charge is 2.35. The second-order valence-electron chi connectivity index (χ2n) is 6.79. The zero-order valence-corrected chi connectivity index (χ0v) is 14.2. The fourth-order valence-corrected chi connectivity index (χ4v) is 3.81. The Morgan fingerprint density at radius 1 is 1.22 bits per heavy atom. The summed E-state index contributed by atoms with van der Waals surface area (Å²) >= 11 is 0. The fourth-order valence-electron chi connectivity index (χ4n) is 3.41. The number of hydrogen-bond acceptors (Lipinski definition) is 4. The lowest BCUT2D eigenvalue weighted by atomic mass is 9.82. The van der Waals surface area contributed by atoms with Crippen molar-refractivity contribution in [2.75, 3.05) is 6.26 Å². The van der Waals surface area contributed by atoms with Crippen LogP contribution in [-0.4, -0.2) is 26.6 Å². The van der Waals surface area contributed by atoms with E-state index in [1.54, 1.807) is 12.1 Å². The summed E-state index contributed by atoms with van der Waals surface area (Å²) < 4.78 is 29.9. The summed E-state index contributed by atoms with van der Waals surface area (Å²) in [5.74, 6) is 2.10. The molecule has 1 amide bonds. The van der Waals surface area contributed by atoms with E-state index in [0.29, 0.717) is 5.76 Å². The molecular formula is C16H24N2O4S. The molecular weight excluding hydrogens is 316 g/mol. The van der Waals surface area contributed by atoms with Crippen LogP contribution in [0.3, 0.4) is 0 Å². The Kier molecular flexibility index (Phi) is 4.77. The number of rotatable bonds is 6. The third-order valence-electron chi connectivity index (χ3n) is 4.73. The van der Waals surface area contributed by atoms with Gasteiger partial charge in [0.2, 0.25) is 10.0 Å². The summed E-state index contributed by atoms with van der Waals surface area (Å²) in [6.07, 6.45) is 8.34. The third-order valence-corrected chi connectivity index (χ3v) is 5.40. The van der Waals surface area contributed by atoms with Crippen LogP contribution in [0.4, 0.5) is 0 Å². The Hall–Kier alpha value is -1.34. The van der Waals surface area contributed by atoms with Gasteiger partial charge in [0.1, 0.15) is 5.76 Å². The molecule has 6 nitrogen and oxygen atoms in total. The van der Waals surface area contributed by atoms with Crippen LogP contribution in [-0.2, 0) is 16.6 Å². The molecule has 7 heteroatoms. The number of amides is 1. The molecule has 2 saturated carbocycles. The van der Waals surface area contributed by atoms with Crippen LogP contribution in [0.15, 0.2) is 16.5 Å². The normalized spacial score (nSPS) is 25.3. The lowest BCUT2D eigenvalue weighted by Gasteiger charge is -2.29. The Balaban J connectivity index is 1.52. The van der Waals surface area contributed by atoms with Gasteiger partial charge in [0, 0.05) is 6.04 Å². The van der Waals surface area contributed by atoms with Gasteiger partial charge in [-0.25, -0.2) is 13.1 Å². The molecule has 1 heterocycles. The number of hydrogen-bond donors (Lipinski definition) is 2. The van der Waals surface area contributed by atoms with E-state index in [-0.39, 0.29) is 24.3 Å². The standard InChI is InChI=1S/C16H24N2O4S/c1-23(20,21)17-10-14-7-8-15(22-14)16(19)18-13-4-2-3-12(9-13)11-5-6-11/h7-8,11-13,17H,2-6,9-10H2,1H3,(H,18,19)/t12-,13+/m1/s1. The van der Waals surface area contributed by atoms with Gasteiger partial charge in [-0.3, -0.25) is 4.79 Å².